The molecular weight excluding hydrogens is 320 g/mol. The van der Waals surface area contributed by atoms with Crippen molar-refractivity contribution in [2.45, 2.75) is 33.2 Å². The van der Waals surface area contributed by atoms with Crippen LogP contribution in [0.15, 0.2) is 24.4 Å². The van der Waals surface area contributed by atoms with Crippen molar-refractivity contribution in [2.24, 2.45) is 0 Å². The fraction of sp³-hybridized carbons (Fsp3) is 0.316. The van der Waals surface area contributed by atoms with E-state index in [0.717, 1.165) is 22.4 Å². The number of nitrogens with one attached hydrogen (secondary N) is 1. The lowest BCUT2D eigenvalue weighted by molar-refractivity contribution is 0.0696. The second-order valence-corrected chi connectivity index (χ2v) is 6.25. The van der Waals surface area contributed by atoms with Crippen molar-refractivity contribution >= 4 is 11.9 Å². The van der Waals surface area contributed by atoms with E-state index in [0.29, 0.717) is 18.7 Å². The van der Waals surface area contributed by atoms with Crippen molar-refractivity contribution in [3.05, 3.63) is 57.9 Å². The van der Waals surface area contributed by atoms with Crippen LogP contribution in [-0.4, -0.2) is 28.6 Å². The van der Waals surface area contributed by atoms with Crippen molar-refractivity contribution in [3.8, 4) is 5.75 Å². The van der Waals surface area contributed by atoms with E-state index < -0.39 is 5.97 Å². The summed E-state index contributed by atoms with van der Waals surface area (Å²) in [6.45, 7) is 6.23. The maximum atomic E-state index is 12.7. The van der Waals surface area contributed by atoms with Gasteiger partial charge in [-0.05, 0) is 38.0 Å². The lowest BCUT2D eigenvalue weighted by atomic mass is 9.95. The maximum absolute atomic E-state index is 12.7. The number of hydrogen-bond acceptors (Lipinski definition) is 4. The van der Waals surface area contributed by atoms with Crippen LogP contribution in [0.1, 0.15) is 55.6 Å². The number of aromatic nitrogens is 1. The van der Waals surface area contributed by atoms with Gasteiger partial charge in [0, 0.05) is 18.2 Å². The predicted molar refractivity (Wildman–Crippen MR) is 92.2 cm³/mol. The topological polar surface area (TPSA) is 88.5 Å². The Balaban J connectivity index is 1.90. The summed E-state index contributed by atoms with van der Waals surface area (Å²) in [6, 6.07) is 5.17. The second kappa shape index (κ2) is 6.55. The molecule has 1 aliphatic heterocycles. The van der Waals surface area contributed by atoms with Gasteiger partial charge in [-0.3, -0.25) is 9.78 Å². The molecule has 0 radical (unpaired) electrons. The molecule has 25 heavy (non-hydrogen) atoms. The molecule has 1 amide bonds. The van der Waals surface area contributed by atoms with Gasteiger partial charge in [0.1, 0.15) is 5.75 Å². The number of benzene rings is 1. The molecule has 1 aromatic heterocycles. The molecule has 2 aromatic rings. The zero-order valence-corrected chi connectivity index (χ0v) is 14.4. The largest absolute Gasteiger partial charge is 0.493 e. The molecule has 2 N–H and O–H groups in total. The van der Waals surface area contributed by atoms with Crippen LogP contribution in [0.2, 0.25) is 0 Å². The number of ether oxygens (including phenoxy) is 1. The molecule has 130 valence electrons. The number of carboxylic acids is 1. The van der Waals surface area contributed by atoms with Crippen LogP contribution in [-0.2, 0) is 0 Å². The molecule has 1 aliphatic rings. The van der Waals surface area contributed by atoms with Crippen LogP contribution < -0.4 is 10.1 Å². The standard InChI is InChI=1S/C19H20N2O4/c1-10-4-5-14-16(6-7-25-17(14)11(10)2)21-18(22)15-8-13(19(23)24)9-20-12(15)3/h4-5,8-9,16H,6-7H2,1-3H3,(H,21,22)(H,23,24)/t16-/m0/s1. The zero-order chi connectivity index (χ0) is 18.1. The number of fused-ring (bicyclic) bond motifs is 1. The summed E-state index contributed by atoms with van der Waals surface area (Å²) in [7, 11) is 0. The smallest absolute Gasteiger partial charge is 0.337 e. The number of aryl methyl sites for hydroxylation is 2. The second-order valence-electron chi connectivity index (χ2n) is 6.25. The Morgan fingerprint density at radius 2 is 2.04 bits per heavy atom. The van der Waals surface area contributed by atoms with E-state index in [2.05, 4.69) is 10.3 Å². The van der Waals surface area contributed by atoms with E-state index >= 15 is 0 Å². The summed E-state index contributed by atoms with van der Waals surface area (Å²) in [5, 5.41) is 12.1. The van der Waals surface area contributed by atoms with E-state index in [4.69, 9.17) is 9.84 Å². The lowest BCUT2D eigenvalue weighted by Gasteiger charge is -2.28. The maximum Gasteiger partial charge on any atom is 0.337 e. The van der Waals surface area contributed by atoms with Crippen LogP contribution >= 0.6 is 0 Å². The predicted octanol–water partition coefficient (Wildman–Crippen LogP) is 2.96. The number of aromatic carboxylic acids is 1. The number of amides is 1. The molecule has 6 heteroatoms. The van der Waals surface area contributed by atoms with Gasteiger partial charge in [-0.1, -0.05) is 12.1 Å². The molecule has 6 nitrogen and oxygen atoms in total. The number of carbonyl (C=O) groups is 2. The molecule has 2 heterocycles. The van der Waals surface area contributed by atoms with Gasteiger partial charge in [-0.25, -0.2) is 4.79 Å². The fourth-order valence-electron chi connectivity index (χ4n) is 2.98. The highest BCUT2D eigenvalue weighted by atomic mass is 16.5. The minimum atomic E-state index is -1.11. The Kier molecular flexibility index (Phi) is 4.44. The summed E-state index contributed by atoms with van der Waals surface area (Å²) >= 11 is 0. The summed E-state index contributed by atoms with van der Waals surface area (Å²) in [5.74, 6) is -0.612. The molecule has 0 saturated heterocycles. The molecule has 0 saturated carbocycles. The van der Waals surface area contributed by atoms with Crippen LogP contribution in [0.4, 0.5) is 0 Å². The first-order valence-electron chi connectivity index (χ1n) is 8.12. The average molecular weight is 340 g/mol. The minimum Gasteiger partial charge on any atom is -0.493 e. The van der Waals surface area contributed by atoms with Gasteiger partial charge >= 0.3 is 5.97 Å². The highest BCUT2D eigenvalue weighted by molar-refractivity contribution is 5.98. The number of pyridine rings is 1. The van der Waals surface area contributed by atoms with E-state index in [1.807, 2.05) is 26.0 Å². The first-order valence-corrected chi connectivity index (χ1v) is 8.12. The van der Waals surface area contributed by atoms with Gasteiger partial charge in [0.15, 0.2) is 0 Å². The molecule has 0 spiro atoms. The molecule has 0 unspecified atom stereocenters. The van der Waals surface area contributed by atoms with Crippen molar-refractivity contribution in [1.82, 2.24) is 10.3 Å². The van der Waals surface area contributed by atoms with Gasteiger partial charge in [0.05, 0.1) is 29.5 Å². The third-order valence-electron chi connectivity index (χ3n) is 4.62. The lowest BCUT2D eigenvalue weighted by Crippen LogP contribution is -2.33. The van der Waals surface area contributed by atoms with Gasteiger partial charge in [-0.2, -0.15) is 0 Å². The summed E-state index contributed by atoms with van der Waals surface area (Å²) in [5.41, 5.74) is 3.92. The van der Waals surface area contributed by atoms with Crippen LogP contribution in [0, 0.1) is 20.8 Å². The average Bonchev–Trinajstić information content (AvgIpc) is 2.58. The van der Waals surface area contributed by atoms with Gasteiger partial charge in [0.25, 0.3) is 5.91 Å². The van der Waals surface area contributed by atoms with Crippen LogP contribution in [0.5, 0.6) is 5.75 Å². The molecular formula is C19H20N2O4. The number of nitrogens with zero attached hydrogens (tertiary/aromatic N) is 1. The third kappa shape index (κ3) is 3.20. The Labute approximate surface area is 145 Å². The Hall–Kier alpha value is -2.89. The molecule has 3 rings (SSSR count). The number of rotatable bonds is 3. The number of hydrogen-bond donors (Lipinski definition) is 2. The van der Waals surface area contributed by atoms with Crippen molar-refractivity contribution in [1.29, 1.82) is 0 Å². The monoisotopic (exact) mass is 340 g/mol. The summed E-state index contributed by atoms with van der Waals surface area (Å²) in [4.78, 5) is 27.8. The van der Waals surface area contributed by atoms with E-state index in [1.54, 1.807) is 6.92 Å². The van der Waals surface area contributed by atoms with E-state index in [9.17, 15) is 9.59 Å². The minimum absolute atomic E-state index is 0.00500. The van der Waals surface area contributed by atoms with Gasteiger partial charge in [0.2, 0.25) is 0 Å². The normalized spacial score (nSPS) is 15.9. The quantitative estimate of drug-likeness (QED) is 0.897. The first kappa shape index (κ1) is 17.0. The van der Waals surface area contributed by atoms with Gasteiger partial charge in [-0.15, -0.1) is 0 Å². The van der Waals surface area contributed by atoms with E-state index in [-0.39, 0.29) is 23.1 Å². The highest BCUT2D eigenvalue weighted by Crippen LogP contribution is 2.36. The fourth-order valence-corrected chi connectivity index (χ4v) is 2.98. The Bertz CT molecular complexity index is 861. The number of carbonyl (C=O) groups excluding carboxylic acids is 1. The van der Waals surface area contributed by atoms with Crippen molar-refractivity contribution in [3.63, 3.8) is 0 Å². The van der Waals surface area contributed by atoms with Crippen molar-refractivity contribution < 1.29 is 19.4 Å². The SMILES string of the molecule is Cc1ccc2c(c1C)OCC[C@@H]2NC(=O)c1cc(C(=O)O)cnc1C. The molecule has 0 fully saturated rings. The van der Waals surface area contributed by atoms with Crippen LogP contribution in [0.3, 0.4) is 0 Å². The summed E-state index contributed by atoms with van der Waals surface area (Å²) in [6.07, 6.45) is 1.91. The summed E-state index contributed by atoms with van der Waals surface area (Å²) < 4.78 is 5.79. The van der Waals surface area contributed by atoms with Crippen LogP contribution in [0.25, 0.3) is 0 Å². The van der Waals surface area contributed by atoms with Gasteiger partial charge < -0.3 is 15.2 Å². The third-order valence-corrected chi connectivity index (χ3v) is 4.62. The molecule has 1 atom stereocenters. The molecule has 0 bridgehead atoms. The highest BCUT2D eigenvalue weighted by Gasteiger charge is 2.26. The van der Waals surface area contributed by atoms with E-state index in [1.165, 1.54) is 12.3 Å². The van der Waals surface area contributed by atoms with Crippen molar-refractivity contribution in [2.75, 3.05) is 6.61 Å². The molecule has 0 aliphatic carbocycles. The zero-order valence-electron chi connectivity index (χ0n) is 14.4. The number of carboxylic acid groups (broad SMARTS) is 1. The Morgan fingerprint density at radius 1 is 1.28 bits per heavy atom. The Morgan fingerprint density at radius 3 is 2.76 bits per heavy atom. The molecule has 1 aromatic carbocycles. The first-order chi connectivity index (χ1) is 11.9.